The summed E-state index contributed by atoms with van der Waals surface area (Å²) < 4.78 is 0. The van der Waals surface area contributed by atoms with E-state index in [-0.39, 0.29) is 0 Å². The number of aromatic nitrogens is 1. The molecule has 1 aliphatic rings. The van der Waals surface area contributed by atoms with E-state index in [9.17, 15) is 5.11 Å². The molecule has 0 spiro atoms. The van der Waals surface area contributed by atoms with Crippen molar-refractivity contribution in [1.29, 1.82) is 0 Å². The molecular weight excluding hydrogens is 242 g/mol. The average molecular weight is 267 g/mol. The summed E-state index contributed by atoms with van der Waals surface area (Å²) in [5.41, 5.74) is 0.345. The van der Waals surface area contributed by atoms with E-state index >= 15 is 0 Å². The van der Waals surface area contributed by atoms with Gasteiger partial charge in [0.05, 0.1) is 21.2 Å². The quantitative estimate of drug-likeness (QED) is 0.872. The maximum absolute atomic E-state index is 10.3. The van der Waals surface area contributed by atoms with Gasteiger partial charge in [0.1, 0.15) is 0 Å². The molecule has 0 atom stereocenters. The molecule has 0 aromatic carbocycles. The van der Waals surface area contributed by atoms with Gasteiger partial charge in [-0.15, -0.1) is 11.3 Å². The Bertz CT molecular complexity index is 397. The van der Waals surface area contributed by atoms with Crippen molar-refractivity contribution in [3.63, 3.8) is 0 Å². The Balaban J connectivity index is 2.32. The highest BCUT2D eigenvalue weighted by molar-refractivity contribution is 7.12. The minimum absolute atomic E-state index is 0.389. The van der Waals surface area contributed by atoms with E-state index in [0.29, 0.717) is 11.8 Å². The highest BCUT2D eigenvalue weighted by atomic mass is 32.1. The number of rotatable bonds is 3. The predicted octanol–water partition coefficient (Wildman–Crippen LogP) is 4.54. The van der Waals surface area contributed by atoms with Crippen LogP contribution in [0.4, 0.5) is 0 Å². The van der Waals surface area contributed by atoms with Crippen molar-refractivity contribution in [3.8, 4) is 0 Å². The van der Waals surface area contributed by atoms with Crippen molar-refractivity contribution in [2.45, 2.75) is 77.2 Å². The third-order valence-corrected chi connectivity index (χ3v) is 5.27. The lowest BCUT2D eigenvalue weighted by Gasteiger charge is -2.19. The summed E-state index contributed by atoms with van der Waals surface area (Å²) in [6, 6.07) is 0. The first-order chi connectivity index (χ1) is 8.39. The first kappa shape index (κ1) is 14.0. The number of nitrogens with zero attached hydrogens (tertiary/aromatic N) is 1. The molecule has 1 aliphatic carbocycles. The van der Waals surface area contributed by atoms with Gasteiger partial charge in [0.25, 0.3) is 0 Å². The molecule has 1 heterocycles. The van der Waals surface area contributed by atoms with Crippen molar-refractivity contribution >= 4 is 11.3 Å². The van der Waals surface area contributed by atoms with Crippen LogP contribution in [0.5, 0.6) is 0 Å². The largest absolute Gasteiger partial charge is 0.385 e. The molecule has 1 aromatic heterocycles. The number of thiazole rings is 1. The third-order valence-electron chi connectivity index (χ3n) is 3.73. The Morgan fingerprint density at radius 2 is 1.83 bits per heavy atom. The molecule has 102 valence electrons. The number of hydrogen-bond acceptors (Lipinski definition) is 3. The summed E-state index contributed by atoms with van der Waals surface area (Å²) in [5, 5.41) is 11.6. The van der Waals surface area contributed by atoms with Crippen LogP contribution in [0.3, 0.4) is 0 Å². The minimum atomic E-state index is -0.760. The van der Waals surface area contributed by atoms with Crippen LogP contribution in [0.1, 0.15) is 87.2 Å². The Morgan fingerprint density at radius 3 is 2.28 bits per heavy atom. The Labute approximate surface area is 114 Å². The Hall–Kier alpha value is -0.410. The average Bonchev–Trinajstić information content (AvgIpc) is 2.74. The van der Waals surface area contributed by atoms with E-state index in [1.54, 1.807) is 11.3 Å². The molecule has 0 aliphatic heterocycles. The fourth-order valence-corrected chi connectivity index (χ4v) is 4.09. The van der Waals surface area contributed by atoms with Gasteiger partial charge in [0.2, 0.25) is 0 Å². The predicted molar refractivity (Wildman–Crippen MR) is 77.3 cm³/mol. The van der Waals surface area contributed by atoms with Gasteiger partial charge < -0.3 is 5.11 Å². The monoisotopic (exact) mass is 267 g/mol. The second-order valence-corrected chi connectivity index (χ2v) is 7.35. The van der Waals surface area contributed by atoms with Crippen molar-refractivity contribution in [2.24, 2.45) is 0 Å². The first-order valence-corrected chi connectivity index (χ1v) is 7.94. The van der Waals surface area contributed by atoms with Crippen LogP contribution in [0, 0.1) is 0 Å². The molecule has 1 fully saturated rings. The maximum atomic E-state index is 10.3. The molecule has 3 heteroatoms. The first-order valence-electron chi connectivity index (χ1n) is 7.13. The van der Waals surface area contributed by atoms with Crippen molar-refractivity contribution in [3.05, 3.63) is 15.6 Å². The van der Waals surface area contributed by atoms with Crippen LogP contribution in [0.25, 0.3) is 0 Å². The second kappa shape index (κ2) is 5.30. The topological polar surface area (TPSA) is 33.1 Å². The second-order valence-electron chi connectivity index (χ2n) is 6.32. The summed E-state index contributed by atoms with van der Waals surface area (Å²) in [4.78, 5) is 5.93. The molecule has 0 radical (unpaired) electrons. The molecule has 18 heavy (non-hydrogen) atoms. The van der Waals surface area contributed by atoms with Gasteiger partial charge in [-0.3, -0.25) is 0 Å². The molecule has 1 aromatic rings. The molecular formula is C15H25NOS. The zero-order valence-corrected chi connectivity index (χ0v) is 12.8. The Morgan fingerprint density at radius 1 is 1.22 bits per heavy atom. The van der Waals surface area contributed by atoms with Crippen LogP contribution in [0.15, 0.2) is 0 Å². The molecule has 2 nitrogen and oxygen atoms in total. The smallest absolute Gasteiger partial charge is 0.0963 e. The fraction of sp³-hybridized carbons (Fsp3) is 0.800. The van der Waals surface area contributed by atoms with Gasteiger partial charge in [-0.2, -0.15) is 0 Å². The van der Waals surface area contributed by atoms with E-state index < -0.39 is 5.60 Å². The highest BCUT2D eigenvalue weighted by Crippen LogP contribution is 2.40. The van der Waals surface area contributed by atoms with Crippen LogP contribution in [0.2, 0.25) is 0 Å². The molecule has 1 N–H and O–H groups in total. The van der Waals surface area contributed by atoms with Gasteiger partial charge in [-0.05, 0) is 32.6 Å². The van der Waals surface area contributed by atoms with Crippen molar-refractivity contribution < 1.29 is 5.11 Å². The minimum Gasteiger partial charge on any atom is -0.385 e. The highest BCUT2D eigenvalue weighted by Gasteiger charge is 2.29. The third kappa shape index (κ3) is 2.94. The van der Waals surface area contributed by atoms with Gasteiger partial charge in [-0.25, -0.2) is 4.98 Å². The van der Waals surface area contributed by atoms with E-state index in [0.717, 1.165) is 10.6 Å². The zero-order valence-electron chi connectivity index (χ0n) is 12.0. The molecule has 0 amide bonds. The lowest BCUT2D eigenvalue weighted by molar-refractivity contribution is 0.0811. The molecule has 0 bridgehead atoms. The summed E-state index contributed by atoms with van der Waals surface area (Å²) in [7, 11) is 0. The number of aliphatic hydroxyl groups is 1. The van der Waals surface area contributed by atoms with Crippen molar-refractivity contribution in [1.82, 2.24) is 4.98 Å². The summed E-state index contributed by atoms with van der Waals surface area (Å²) in [6.07, 6.45) is 6.59. The lowest BCUT2D eigenvalue weighted by atomic mass is 9.90. The van der Waals surface area contributed by atoms with Crippen LogP contribution in [-0.4, -0.2) is 10.1 Å². The standard InChI is InChI=1S/C15H25NOS/c1-10(2)12-13(15(3,4)17)18-14(16-12)11-8-6-5-7-9-11/h10-11,17H,5-9H2,1-4H3. The van der Waals surface area contributed by atoms with Gasteiger partial charge >= 0.3 is 0 Å². The van der Waals surface area contributed by atoms with E-state index in [1.807, 2.05) is 13.8 Å². The van der Waals surface area contributed by atoms with E-state index in [4.69, 9.17) is 4.98 Å². The van der Waals surface area contributed by atoms with Gasteiger partial charge in [0.15, 0.2) is 0 Å². The fourth-order valence-electron chi connectivity index (χ4n) is 2.70. The van der Waals surface area contributed by atoms with Gasteiger partial charge in [0, 0.05) is 5.92 Å². The van der Waals surface area contributed by atoms with E-state index in [1.165, 1.54) is 37.1 Å². The van der Waals surface area contributed by atoms with Crippen LogP contribution < -0.4 is 0 Å². The molecule has 0 saturated heterocycles. The van der Waals surface area contributed by atoms with Crippen molar-refractivity contribution in [2.75, 3.05) is 0 Å². The SMILES string of the molecule is CC(C)c1nc(C2CCCCC2)sc1C(C)(C)O. The molecule has 2 rings (SSSR count). The summed E-state index contributed by atoms with van der Waals surface area (Å²) >= 11 is 1.74. The molecule has 0 unspecified atom stereocenters. The Kier molecular flexibility index (Phi) is 4.12. The lowest BCUT2D eigenvalue weighted by Crippen LogP contribution is -2.16. The zero-order chi connectivity index (χ0) is 13.3. The maximum Gasteiger partial charge on any atom is 0.0963 e. The summed E-state index contributed by atoms with van der Waals surface area (Å²) in [6.45, 7) is 8.07. The van der Waals surface area contributed by atoms with Crippen LogP contribution >= 0.6 is 11.3 Å². The number of hydrogen-bond donors (Lipinski definition) is 1. The van der Waals surface area contributed by atoms with E-state index in [2.05, 4.69) is 13.8 Å². The molecule has 1 saturated carbocycles. The summed E-state index contributed by atoms with van der Waals surface area (Å²) in [5.74, 6) is 1.03. The van der Waals surface area contributed by atoms with Crippen LogP contribution in [-0.2, 0) is 5.60 Å². The van der Waals surface area contributed by atoms with Gasteiger partial charge in [-0.1, -0.05) is 33.1 Å². The normalized spacial score (nSPS) is 18.6.